The fraction of sp³-hybridized carbons (Fsp3) is 0.458. The molecule has 2 aliphatic heterocycles. The molecule has 31 heavy (non-hydrogen) atoms. The van der Waals surface area contributed by atoms with E-state index in [1.54, 1.807) is 17.3 Å². The van der Waals surface area contributed by atoms with Crippen LogP contribution in [0.15, 0.2) is 54.9 Å². The zero-order valence-corrected chi connectivity index (χ0v) is 17.6. The van der Waals surface area contributed by atoms with Gasteiger partial charge in [-0.05, 0) is 49.8 Å². The van der Waals surface area contributed by atoms with Crippen molar-refractivity contribution in [1.82, 2.24) is 15.2 Å². The quantitative estimate of drug-likeness (QED) is 0.602. The van der Waals surface area contributed by atoms with Crippen molar-refractivity contribution in [2.45, 2.75) is 44.2 Å². The predicted octanol–water partition coefficient (Wildman–Crippen LogP) is 1.95. The molecular formula is C24H29N3O4. The van der Waals surface area contributed by atoms with Crippen molar-refractivity contribution >= 4 is 11.8 Å². The summed E-state index contributed by atoms with van der Waals surface area (Å²) in [4.78, 5) is 31.7. The number of carbonyl (C=O) groups is 2. The maximum atomic E-state index is 13.5. The maximum Gasteiger partial charge on any atom is 0.248 e. The highest BCUT2D eigenvalue weighted by molar-refractivity contribution is 5.87. The topological polar surface area (TPSA) is 91.8 Å². The Morgan fingerprint density at radius 2 is 2.03 bits per heavy atom. The van der Waals surface area contributed by atoms with Gasteiger partial charge in [0.05, 0.1) is 18.2 Å². The molecule has 2 aromatic rings. The van der Waals surface area contributed by atoms with E-state index in [1.807, 2.05) is 42.5 Å². The first-order valence-corrected chi connectivity index (χ1v) is 10.9. The van der Waals surface area contributed by atoms with Crippen molar-refractivity contribution in [3.05, 3.63) is 60.4 Å². The molecule has 3 atom stereocenters. The predicted molar refractivity (Wildman–Crippen MR) is 115 cm³/mol. The molecular weight excluding hydrogens is 394 g/mol. The SMILES string of the molecule is O=C(CO)N1[C@@H]2CC[C@H]1[C@@](Cc1ccccc1)(C(=O)NCCCOc1cccnc1)C2. The van der Waals surface area contributed by atoms with Crippen LogP contribution < -0.4 is 10.1 Å². The number of benzene rings is 1. The average Bonchev–Trinajstić information content (AvgIpc) is 3.36. The van der Waals surface area contributed by atoms with Crippen molar-refractivity contribution in [2.24, 2.45) is 5.41 Å². The number of fused-ring (bicyclic) bond motifs is 2. The summed E-state index contributed by atoms with van der Waals surface area (Å²) in [5, 5.41) is 12.5. The molecule has 2 N–H and O–H groups in total. The third kappa shape index (κ3) is 4.42. The molecule has 164 valence electrons. The number of nitrogens with one attached hydrogen (secondary N) is 1. The molecule has 3 heterocycles. The number of hydrogen-bond donors (Lipinski definition) is 2. The summed E-state index contributed by atoms with van der Waals surface area (Å²) in [6, 6.07) is 13.5. The highest BCUT2D eigenvalue weighted by Gasteiger charge is 2.60. The van der Waals surface area contributed by atoms with Crippen LogP contribution in [0.5, 0.6) is 5.75 Å². The van der Waals surface area contributed by atoms with Gasteiger partial charge in [-0.15, -0.1) is 0 Å². The van der Waals surface area contributed by atoms with E-state index in [1.165, 1.54) is 0 Å². The van der Waals surface area contributed by atoms with E-state index in [0.29, 0.717) is 38.2 Å². The first-order chi connectivity index (χ1) is 15.1. The van der Waals surface area contributed by atoms with E-state index < -0.39 is 12.0 Å². The van der Waals surface area contributed by atoms with Crippen LogP contribution in [0.3, 0.4) is 0 Å². The number of aliphatic hydroxyl groups is 1. The number of aromatic nitrogens is 1. The van der Waals surface area contributed by atoms with Crippen LogP contribution in [0.1, 0.15) is 31.2 Å². The lowest BCUT2D eigenvalue weighted by atomic mass is 9.69. The zero-order valence-electron chi connectivity index (χ0n) is 17.6. The first kappa shape index (κ1) is 21.3. The lowest BCUT2D eigenvalue weighted by Gasteiger charge is -2.36. The second kappa shape index (κ2) is 9.47. The third-order valence-corrected chi connectivity index (χ3v) is 6.49. The number of aliphatic hydroxyl groups excluding tert-OH is 1. The van der Waals surface area contributed by atoms with Gasteiger partial charge in [-0.2, -0.15) is 0 Å². The van der Waals surface area contributed by atoms with Gasteiger partial charge in [0.15, 0.2) is 0 Å². The minimum absolute atomic E-state index is 0.0133. The normalized spacial score (nSPS) is 24.2. The Bertz CT molecular complexity index is 892. The summed E-state index contributed by atoms with van der Waals surface area (Å²) < 4.78 is 5.65. The van der Waals surface area contributed by atoms with Crippen molar-refractivity contribution in [3.8, 4) is 5.75 Å². The lowest BCUT2D eigenvalue weighted by Crippen LogP contribution is -2.51. The Labute approximate surface area is 182 Å². The largest absolute Gasteiger partial charge is 0.492 e. The van der Waals surface area contributed by atoms with Crippen molar-refractivity contribution < 1.29 is 19.4 Å². The number of carbonyl (C=O) groups excluding carboxylic acids is 2. The van der Waals surface area contributed by atoms with E-state index >= 15 is 0 Å². The van der Waals surface area contributed by atoms with Crippen LogP contribution in [-0.2, 0) is 16.0 Å². The van der Waals surface area contributed by atoms with Crippen LogP contribution in [0, 0.1) is 5.41 Å². The van der Waals surface area contributed by atoms with Crippen LogP contribution in [-0.4, -0.2) is 58.6 Å². The fourth-order valence-electron chi connectivity index (χ4n) is 5.19. The van der Waals surface area contributed by atoms with Gasteiger partial charge >= 0.3 is 0 Å². The highest BCUT2D eigenvalue weighted by Crippen LogP contribution is 2.51. The standard InChI is InChI=1S/C24H29N3O4/c28-17-22(29)27-19-9-10-21(27)24(15-19,14-18-6-2-1-3-7-18)23(30)26-12-5-13-31-20-8-4-11-25-16-20/h1-4,6-8,11,16,19,21,28H,5,9-10,12-15,17H2,(H,26,30)/t19-,21+,24+/m1/s1. The molecule has 1 aromatic heterocycles. The molecule has 2 aliphatic rings. The fourth-order valence-corrected chi connectivity index (χ4v) is 5.19. The van der Waals surface area contributed by atoms with Crippen molar-refractivity contribution in [2.75, 3.05) is 19.8 Å². The summed E-state index contributed by atoms with van der Waals surface area (Å²) in [7, 11) is 0. The maximum absolute atomic E-state index is 13.5. The number of hydrogen-bond acceptors (Lipinski definition) is 5. The number of amides is 2. The van der Waals surface area contributed by atoms with Crippen LogP contribution in [0.2, 0.25) is 0 Å². The Kier molecular flexibility index (Phi) is 6.51. The van der Waals surface area contributed by atoms with Gasteiger partial charge in [0.2, 0.25) is 11.8 Å². The van der Waals surface area contributed by atoms with Crippen molar-refractivity contribution in [1.29, 1.82) is 0 Å². The van der Waals surface area contributed by atoms with Crippen LogP contribution >= 0.6 is 0 Å². The summed E-state index contributed by atoms with van der Waals surface area (Å²) in [6.07, 6.45) is 6.93. The molecule has 0 radical (unpaired) electrons. The number of nitrogens with zero attached hydrogens (tertiary/aromatic N) is 2. The molecule has 1 aromatic carbocycles. The Morgan fingerprint density at radius 3 is 2.77 bits per heavy atom. The smallest absolute Gasteiger partial charge is 0.248 e. The Hall–Kier alpha value is -2.93. The molecule has 2 saturated heterocycles. The molecule has 0 aliphatic carbocycles. The minimum Gasteiger partial charge on any atom is -0.492 e. The van der Waals surface area contributed by atoms with E-state index in [9.17, 15) is 14.7 Å². The number of pyridine rings is 1. The van der Waals surface area contributed by atoms with Gasteiger partial charge in [-0.1, -0.05) is 30.3 Å². The first-order valence-electron chi connectivity index (χ1n) is 10.9. The van der Waals surface area contributed by atoms with E-state index in [-0.39, 0.29) is 23.9 Å². The van der Waals surface area contributed by atoms with Crippen LogP contribution in [0.25, 0.3) is 0 Å². The molecule has 0 spiro atoms. The summed E-state index contributed by atoms with van der Waals surface area (Å²) >= 11 is 0. The van der Waals surface area contributed by atoms with Gasteiger partial charge in [-0.25, -0.2) is 0 Å². The monoisotopic (exact) mass is 423 g/mol. The van der Waals surface area contributed by atoms with Gasteiger partial charge in [0, 0.05) is 24.8 Å². The molecule has 2 fully saturated rings. The molecule has 0 unspecified atom stereocenters. The van der Waals surface area contributed by atoms with Crippen molar-refractivity contribution in [3.63, 3.8) is 0 Å². The average molecular weight is 424 g/mol. The highest BCUT2D eigenvalue weighted by atomic mass is 16.5. The number of ether oxygens (including phenoxy) is 1. The Morgan fingerprint density at radius 1 is 1.19 bits per heavy atom. The second-order valence-electron chi connectivity index (χ2n) is 8.38. The molecule has 4 rings (SSSR count). The van der Waals surface area contributed by atoms with E-state index in [4.69, 9.17) is 4.74 Å². The van der Waals surface area contributed by atoms with E-state index in [0.717, 1.165) is 18.4 Å². The van der Waals surface area contributed by atoms with Crippen LogP contribution in [0.4, 0.5) is 0 Å². The lowest BCUT2D eigenvalue weighted by molar-refractivity contribution is -0.138. The molecule has 7 heteroatoms. The third-order valence-electron chi connectivity index (χ3n) is 6.49. The summed E-state index contributed by atoms with van der Waals surface area (Å²) in [5.74, 6) is 0.418. The number of rotatable bonds is 9. The second-order valence-corrected chi connectivity index (χ2v) is 8.38. The van der Waals surface area contributed by atoms with Gasteiger partial charge in [0.25, 0.3) is 0 Å². The minimum atomic E-state index is -0.667. The molecule has 2 amide bonds. The van der Waals surface area contributed by atoms with E-state index in [2.05, 4.69) is 10.3 Å². The van der Waals surface area contributed by atoms with Gasteiger partial charge < -0.3 is 20.1 Å². The summed E-state index contributed by atoms with van der Waals surface area (Å²) in [6.45, 7) is 0.474. The molecule has 7 nitrogen and oxygen atoms in total. The Balaban J connectivity index is 1.42. The summed E-state index contributed by atoms with van der Waals surface area (Å²) in [5.41, 5.74) is 0.417. The zero-order chi connectivity index (χ0) is 21.7. The van der Waals surface area contributed by atoms with Gasteiger partial charge in [-0.3, -0.25) is 14.6 Å². The molecule has 2 bridgehead atoms. The molecule has 0 saturated carbocycles. The van der Waals surface area contributed by atoms with Gasteiger partial charge in [0.1, 0.15) is 12.4 Å².